The van der Waals surface area contributed by atoms with Gasteiger partial charge in [0.1, 0.15) is 5.84 Å². The molecule has 11 nitrogen and oxygen atoms in total. The molecule has 5 rings (SSSR count). The first kappa shape index (κ1) is 22.9. The maximum absolute atomic E-state index is 13.7. The Morgan fingerprint density at radius 3 is 2.80 bits per heavy atom. The fraction of sp³-hybridized carbons (Fsp3) is 0.417. The number of amidine groups is 1. The van der Waals surface area contributed by atoms with Gasteiger partial charge in [0.15, 0.2) is 11.2 Å². The molecule has 2 aliphatic heterocycles. The predicted molar refractivity (Wildman–Crippen MR) is 133 cm³/mol. The van der Waals surface area contributed by atoms with Gasteiger partial charge in [-0.25, -0.2) is 14.9 Å². The lowest BCUT2D eigenvalue weighted by Crippen LogP contribution is -2.45. The fourth-order valence-corrected chi connectivity index (χ4v) is 4.70. The molecule has 2 aromatic heterocycles. The zero-order valence-electron chi connectivity index (χ0n) is 19.8. The Hall–Kier alpha value is -3.88. The second kappa shape index (κ2) is 9.05. The minimum absolute atomic E-state index is 0.0116. The second-order valence-corrected chi connectivity index (χ2v) is 8.89. The number of imidazole rings is 1. The summed E-state index contributed by atoms with van der Waals surface area (Å²) in [6, 6.07) is 7.44. The molecule has 182 valence electrons. The number of aliphatic imine (C=N–C) groups is 1. The monoisotopic (exact) mass is 476 g/mol. The number of hydrogen-bond donors (Lipinski definition) is 2. The molecule has 1 aromatic carbocycles. The van der Waals surface area contributed by atoms with Crippen LogP contribution in [0, 0.1) is 11.8 Å². The summed E-state index contributed by atoms with van der Waals surface area (Å²) in [7, 11) is 1.59. The first-order chi connectivity index (χ1) is 16.9. The van der Waals surface area contributed by atoms with Gasteiger partial charge in [-0.3, -0.25) is 23.7 Å². The highest BCUT2D eigenvalue weighted by Crippen LogP contribution is 2.26. The Kier molecular flexibility index (Phi) is 5.92. The molecule has 0 aliphatic carbocycles. The lowest BCUT2D eigenvalue weighted by molar-refractivity contribution is -0.0273. The molecule has 1 atom stereocenters. The van der Waals surface area contributed by atoms with Gasteiger partial charge in [-0.1, -0.05) is 24.1 Å². The van der Waals surface area contributed by atoms with Crippen molar-refractivity contribution >= 4 is 28.6 Å². The van der Waals surface area contributed by atoms with E-state index < -0.39 is 11.2 Å². The van der Waals surface area contributed by atoms with E-state index >= 15 is 0 Å². The van der Waals surface area contributed by atoms with Gasteiger partial charge >= 0.3 is 5.69 Å². The molecule has 1 fully saturated rings. The minimum atomic E-state index is -0.537. The molecule has 0 bridgehead atoms. The summed E-state index contributed by atoms with van der Waals surface area (Å²) in [4.78, 5) is 38.2. The Balaban J connectivity index is 1.66. The maximum Gasteiger partial charge on any atom is 0.332 e. The molecule has 4 heterocycles. The highest BCUT2D eigenvalue weighted by molar-refractivity contribution is 5.86. The quantitative estimate of drug-likeness (QED) is 0.533. The van der Waals surface area contributed by atoms with Crippen molar-refractivity contribution < 1.29 is 5.21 Å². The molecule has 3 aromatic rings. The van der Waals surface area contributed by atoms with E-state index in [2.05, 4.69) is 21.7 Å². The summed E-state index contributed by atoms with van der Waals surface area (Å²) >= 11 is 0. The third-order valence-electron chi connectivity index (χ3n) is 6.53. The van der Waals surface area contributed by atoms with Crippen LogP contribution in [0.3, 0.4) is 0 Å². The number of hydroxylamine groups is 2. The minimum Gasteiger partial charge on any atom is -0.341 e. The molecule has 11 heteroatoms. The summed E-state index contributed by atoms with van der Waals surface area (Å²) in [5, 5.41) is 11.5. The normalized spacial score (nSPS) is 17.7. The van der Waals surface area contributed by atoms with Crippen molar-refractivity contribution in [3.05, 3.63) is 50.7 Å². The molecule has 0 amide bonds. The Morgan fingerprint density at radius 1 is 1.23 bits per heavy atom. The lowest BCUT2D eigenvalue weighted by Gasteiger charge is -2.31. The molecule has 0 radical (unpaired) electrons. The fourth-order valence-electron chi connectivity index (χ4n) is 4.70. The molecular formula is C24H28N8O3. The highest BCUT2D eigenvalue weighted by Gasteiger charge is 2.27. The highest BCUT2D eigenvalue weighted by atomic mass is 16.5. The Labute approximate surface area is 201 Å². The number of aromatic nitrogens is 4. The average molecular weight is 477 g/mol. The SMILES string of the molecule is CC#CCn1c(N2CCCC(N)C2)nc2c1c(=O)n(CC1=Nc3ccccc3CN1O)c(=O)n2C. The van der Waals surface area contributed by atoms with Crippen LogP contribution in [0.5, 0.6) is 0 Å². The van der Waals surface area contributed by atoms with Crippen molar-refractivity contribution in [3.8, 4) is 11.8 Å². The van der Waals surface area contributed by atoms with Crippen LogP contribution < -0.4 is 21.9 Å². The van der Waals surface area contributed by atoms with Crippen LogP contribution in [0.25, 0.3) is 11.2 Å². The van der Waals surface area contributed by atoms with E-state index in [0.29, 0.717) is 23.8 Å². The van der Waals surface area contributed by atoms with Gasteiger partial charge in [0, 0.05) is 26.2 Å². The molecule has 1 saturated heterocycles. The van der Waals surface area contributed by atoms with E-state index in [1.807, 2.05) is 24.3 Å². The van der Waals surface area contributed by atoms with Gasteiger partial charge < -0.3 is 10.6 Å². The smallest absolute Gasteiger partial charge is 0.332 e. The van der Waals surface area contributed by atoms with Gasteiger partial charge in [-0.2, -0.15) is 4.98 Å². The van der Waals surface area contributed by atoms with Crippen LogP contribution in [-0.4, -0.2) is 53.9 Å². The van der Waals surface area contributed by atoms with Crippen molar-refractivity contribution in [2.24, 2.45) is 17.8 Å². The zero-order valence-corrected chi connectivity index (χ0v) is 19.8. The summed E-state index contributed by atoms with van der Waals surface area (Å²) in [5.74, 6) is 6.68. The number of fused-ring (bicyclic) bond motifs is 2. The average Bonchev–Trinajstić information content (AvgIpc) is 3.24. The Bertz CT molecular complexity index is 1500. The Morgan fingerprint density at radius 2 is 2.03 bits per heavy atom. The van der Waals surface area contributed by atoms with Crippen LogP contribution in [0.15, 0.2) is 38.8 Å². The van der Waals surface area contributed by atoms with Gasteiger partial charge in [-0.05, 0) is 31.4 Å². The first-order valence-corrected chi connectivity index (χ1v) is 11.6. The molecular weight excluding hydrogens is 448 g/mol. The standard InChI is InChI=1S/C24H28N8O3/c1-3-4-12-30-20-21(27-23(30)29-11-7-9-17(25)14-29)28(2)24(34)31(22(20)33)15-19-26-18-10-6-5-8-16(18)13-32(19)35/h5-6,8,10,17,35H,7,9,11-15,25H2,1-2H3. The van der Waals surface area contributed by atoms with Gasteiger partial charge in [0.25, 0.3) is 5.56 Å². The van der Waals surface area contributed by atoms with Crippen molar-refractivity contribution in [1.82, 2.24) is 23.7 Å². The van der Waals surface area contributed by atoms with E-state index in [-0.39, 0.29) is 37.0 Å². The topological polar surface area (TPSA) is 127 Å². The maximum atomic E-state index is 13.7. The van der Waals surface area contributed by atoms with Gasteiger partial charge in [0.2, 0.25) is 5.95 Å². The number of rotatable bonds is 4. The summed E-state index contributed by atoms with van der Waals surface area (Å²) in [6.45, 7) is 3.39. The van der Waals surface area contributed by atoms with E-state index in [4.69, 9.17) is 10.7 Å². The van der Waals surface area contributed by atoms with E-state index in [1.54, 1.807) is 18.5 Å². The molecule has 2 aliphatic rings. The van der Waals surface area contributed by atoms with Crippen molar-refractivity contribution in [2.45, 2.75) is 45.4 Å². The summed E-state index contributed by atoms with van der Waals surface area (Å²) in [6.07, 6.45) is 1.85. The van der Waals surface area contributed by atoms with Crippen LogP contribution in [0.1, 0.15) is 25.3 Å². The molecule has 0 saturated carbocycles. The van der Waals surface area contributed by atoms with E-state index in [1.165, 1.54) is 4.57 Å². The first-order valence-electron chi connectivity index (χ1n) is 11.6. The lowest BCUT2D eigenvalue weighted by atomic mass is 10.1. The zero-order chi connectivity index (χ0) is 24.7. The third kappa shape index (κ3) is 4.00. The molecule has 3 N–H and O–H groups in total. The van der Waals surface area contributed by atoms with Crippen LogP contribution >= 0.6 is 0 Å². The number of piperidine rings is 1. The van der Waals surface area contributed by atoms with Gasteiger partial charge in [0.05, 0.1) is 25.3 Å². The number of para-hydroxylation sites is 1. The molecule has 1 unspecified atom stereocenters. The van der Waals surface area contributed by atoms with E-state index in [9.17, 15) is 14.8 Å². The number of nitrogens with zero attached hydrogens (tertiary/aromatic N) is 7. The molecule has 0 spiro atoms. The largest absolute Gasteiger partial charge is 0.341 e. The van der Waals surface area contributed by atoms with Crippen molar-refractivity contribution in [1.29, 1.82) is 0 Å². The number of benzene rings is 1. The number of nitrogens with two attached hydrogens (primary N) is 1. The number of hydrogen-bond acceptors (Lipinski definition) is 8. The van der Waals surface area contributed by atoms with Crippen molar-refractivity contribution in [3.63, 3.8) is 0 Å². The number of aryl methyl sites for hydroxylation is 1. The predicted octanol–water partition coefficient (Wildman–Crippen LogP) is 0.783. The van der Waals surface area contributed by atoms with Crippen LogP contribution in [0.4, 0.5) is 11.6 Å². The number of anilines is 1. The second-order valence-electron chi connectivity index (χ2n) is 8.89. The molecule has 35 heavy (non-hydrogen) atoms. The summed E-state index contributed by atoms with van der Waals surface area (Å²) < 4.78 is 4.21. The third-order valence-corrected chi connectivity index (χ3v) is 6.53. The summed E-state index contributed by atoms with van der Waals surface area (Å²) in [5.41, 5.74) is 7.29. The van der Waals surface area contributed by atoms with Gasteiger partial charge in [-0.15, -0.1) is 5.92 Å². The van der Waals surface area contributed by atoms with Crippen LogP contribution in [-0.2, 0) is 26.7 Å². The van der Waals surface area contributed by atoms with Crippen molar-refractivity contribution in [2.75, 3.05) is 18.0 Å². The van der Waals surface area contributed by atoms with Crippen LogP contribution in [0.2, 0.25) is 0 Å². The van der Waals surface area contributed by atoms with E-state index in [0.717, 1.165) is 34.6 Å².